The molecule has 0 saturated heterocycles. The molecule has 1 atom stereocenters. The summed E-state index contributed by atoms with van der Waals surface area (Å²) in [5, 5.41) is 22.6. The van der Waals surface area contributed by atoms with Crippen molar-refractivity contribution in [2.45, 2.75) is 76.8 Å². The highest BCUT2D eigenvalue weighted by Crippen LogP contribution is 2.44. The Morgan fingerprint density at radius 3 is 2.20 bits per heavy atom. The van der Waals surface area contributed by atoms with E-state index in [4.69, 9.17) is 5.21 Å². The molecule has 0 unspecified atom stereocenters. The molecule has 164 valence electrons. The molecule has 3 rings (SSSR count). The van der Waals surface area contributed by atoms with Crippen LogP contribution in [0, 0.1) is 18.8 Å². The average molecular weight is 415 g/mol. The van der Waals surface area contributed by atoms with Crippen LogP contribution in [0.5, 0.6) is 0 Å². The van der Waals surface area contributed by atoms with Gasteiger partial charge in [0, 0.05) is 12.6 Å². The van der Waals surface area contributed by atoms with Gasteiger partial charge in [0.1, 0.15) is 5.54 Å². The fourth-order valence-corrected chi connectivity index (χ4v) is 5.47. The molecule has 6 heteroatoms. The molecule has 1 aromatic rings. The van der Waals surface area contributed by atoms with Crippen LogP contribution in [0.3, 0.4) is 0 Å². The second-order valence-electron chi connectivity index (χ2n) is 8.84. The Bertz CT molecular complexity index is 779. The van der Waals surface area contributed by atoms with E-state index in [1.54, 1.807) is 11.6 Å². The molecule has 2 aliphatic carbocycles. The van der Waals surface area contributed by atoms with E-state index in [2.05, 4.69) is 5.32 Å². The van der Waals surface area contributed by atoms with Crippen LogP contribution in [0.15, 0.2) is 24.3 Å². The predicted molar refractivity (Wildman–Crippen MR) is 116 cm³/mol. The van der Waals surface area contributed by atoms with Crippen molar-refractivity contribution in [2.24, 2.45) is 11.8 Å². The molecular weight excluding hydrogens is 380 g/mol. The van der Waals surface area contributed by atoms with Crippen molar-refractivity contribution in [3.05, 3.63) is 41.0 Å². The number of hydrogen-bond donors (Lipinski definition) is 4. The summed E-state index contributed by atoms with van der Waals surface area (Å²) in [5.74, 6) is -0.881. The highest BCUT2D eigenvalue weighted by molar-refractivity contribution is 5.91. The summed E-state index contributed by atoms with van der Waals surface area (Å²) in [4.78, 5) is 23.9. The van der Waals surface area contributed by atoms with Crippen molar-refractivity contribution < 1.29 is 19.9 Å². The molecule has 0 spiro atoms. The maximum absolute atomic E-state index is 12.7. The summed E-state index contributed by atoms with van der Waals surface area (Å²) in [6.07, 6.45) is 12.6. The first-order chi connectivity index (χ1) is 14.5. The summed E-state index contributed by atoms with van der Waals surface area (Å²) in [7, 11) is 0. The van der Waals surface area contributed by atoms with E-state index >= 15 is 0 Å². The van der Waals surface area contributed by atoms with E-state index in [0.717, 1.165) is 68.1 Å². The van der Waals surface area contributed by atoms with Gasteiger partial charge in [-0.1, -0.05) is 50.3 Å². The smallest absolute Gasteiger partial charge is 0.324 e. The van der Waals surface area contributed by atoms with E-state index in [9.17, 15) is 14.7 Å². The fourth-order valence-electron chi connectivity index (χ4n) is 5.47. The number of amides is 1. The third kappa shape index (κ3) is 4.93. The minimum Gasteiger partial charge on any atom is -0.480 e. The maximum Gasteiger partial charge on any atom is 0.324 e. The first-order valence-electron chi connectivity index (χ1n) is 11.2. The van der Waals surface area contributed by atoms with Crippen molar-refractivity contribution in [1.82, 2.24) is 10.8 Å². The van der Waals surface area contributed by atoms with E-state index in [0.29, 0.717) is 6.54 Å². The summed E-state index contributed by atoms with van der Waals surface area (Å²) in [6.45, 7) is 2.48. The topological polar surface area (TPSA) is 98.7 Å². The van der Waals surface area contributed by atoms with Crippen LogP contribution in [0.1, 0.15) is 74.5 Å². The van der Waals surface area contributed by atoms with E-state index in [1.165, 1.54) is 12.5 Å². The zero-order chi connectivity index (χ0) is 21.6. The summed E-state index contributed by atoms with van der Waals surface area (Å²) in [6, 6.07) is 5.93. The normalized spacial score (nSPS) is 20.3. The van der Waals surface area contributed by atoms with Gasteiger partial charge in [-0.05, 0) is 67.2 Å². The van der Waals surface area contributed by atoms with Crippen molar-refractivity contribution in [3.8, 4) is 0 Å². The van der Waals surface area contributed by atoms with E-state index < -0.39 is 17.4 Å². The Hall–Kier alpha value is -2.18. The second kappa shape index (κ2) is 10.2. The lowest BCUT2D eigenvalue weighted by atomic mass is 9.67. The van der Waals surface area contributed by atoms with Crippen LogP contribution in [0.25, 0.3) is 6.08 Å². The summed E-state index contributed by atoms with van der Waals surface area (Å²) in [5.41, 5.74) is 3.65. The van der Waals surface area contributed by atoms with E-state index in [-0.39, 0.29) is 11.8 Å². The number of carboxylic acids is 1. The molecule has 1 aromatic carbocycles. The van der Waals surface area contributed by atoms with Gasteiger partial charge in [-0.25, -0.2) is 5.48 Å². The molecule has 0 heterocycles. The van der Waals surface area contributed by atoms with Crippen LogP contribution < -0.4 is 10.8 Å². The predicted octanol–water partition coefficient (Wildman–Crippen LogP) is 4.20. The minimum absolute atomic E-state index is 0.187. The lowest BCUT2D eigenvalue weighted by Crippen LogP contribution is -2.62. The Balaban J connectivity index is 1.79. The van der Waals surface area contributed by atoms with Crippen LogP contribution in [-0.4, -0.2) is 27.7 Å². The largest absolute Gasteiger partial charge is 0.480 e. The first kappa shape index (κ1) is 22.5. The standard InChI is InChI=1S/C24H34N2O4/c1-17-15-18(11-12-19(17)13-14-22(27)26-30)16-25-24(23(28)29,21-9-5-6-10-21)20-7-3-2-4-8-20/h11-15,20-21,25,30H,2-10,16H2,1H3,(H,26,27)(H,28,29)/b14-13+/t24-/m1/s1. The van der Waals surface area contributed by atoms with Crippen molar-refractivity contribution in [2.75, 3.05) is 0 Å². The monoisotopic (exact) mass is 414 g/mol. The number of carbonyl (C=O) groups is 2. The quantitative estimate of drug-likeness (QED) is 0.290. The first-order valence-corrected chi connectivity index (χ1v) is 11.2. The van der Waals surface area contributed by atoms with Crippen molar-refractivity contribution in [1.29, 1.82) is 0 Å². The van der Waals surface area contributed by atoms with Gasteiger partial charge in [-0.3, -0.25) is 20.1 Å². The third-order valence-corrected chi connectivity index (χ3v) is 7.05. The molecule has 2 fully saturated rings. The van der Waals surface area contributed by atoms with Crippen LogP contribution in [0.2, 0.25) is 0 Å². The summed E-state index contributed by atoms with van der Waals surface area (Å²) < 4.78 is 0. The Morgan fingerprint density at radius 1 is 1.07 bits per heavy atom. The molecule has 0 aliphatic heterocycles. The molecule has 2 aliphatic rings. The molecule has 0 aromatic heterocycles. The van der Waals surface area contributed by atoms with Gasteiger partial charge in [0.05, 0.1) is 0 Å². The van der Waals surface area contributed by atoms with E-state index in [1.807, 2.05) is 25.1 Å². The molecule has 6 nitrogen and oxygen atoms in total. The highest BCUT2D eigenvalue weighted by Gasteiger charge is 2.51. The second-order valence-corrected chi connectivity index (χ2v) is 8.84. The van der Waals surface area contributed by atoms with Gasteiger partial charge in [-0.15, -0.1) is 0 Å². The summed E-state index contributed by atoms with van der Waals surface area (Å²) >= 11 is 0. The van der Waals surface area contributed by atoms with Gasteiger partial charge >= 0.3 is 5.97 Å². The van der Waals surface area contributed by atoms with Crippen LogP contribution >= 0.6 is 0 Å². The Labute approximate surface area is 178 Å². The number of hydroxylamine groups is 1. The lowest BCUT2D eigenvalue weighted by Gasteiger charge is -2.44. The van der Waals surface area contributed by atoms with Crippen molar-refractivity contribution >= 4 is 18.0 Å². The van der Waals surface area contributed by atoms with Gasteiger partial charge in [0.25, 0.3) is 5.91 Å². The number of hydrogen-bond acceptors (Lipinski definition) is 4. The SMILES string of the molecule is Cc1cc(CN[C@](C(=O)O)(C2CCCCC2)C2CCCC2)ccc1/C=C/C(=O)NO. The zero-order valence-corrected chi connectivity index (χ0v) is 17.8. The fraction of sp³-hybridized carbons (Fsp3) is 0.583. The lowest BCUT2D eigenvalue weighted by molar-refractivity contribution is -0.152. The van der Waals surface area contributed by atoms with Crippen LogP contribution in [0.4, 0.5) is 0 Å². The van der Waals surface area contributed by atoms with Gasteiger partial charge in [0.2, 0.25) is 0 Å². The number of benzene rings is 1. The molecule has 1 amide bonds. The number of nitrogens with one attached hydrogen (secondary N) is 2. The Morgan fingerprint density at radius 2 is 1.67 bits per heavy atom. The maximum atomic E-state index is 12.7. The number of aliphatic carboxylic acids is 1. The van der Waals surface area contributed by atoms with Crippen molar-refractivity contribution in [3.63, 3.8) is 0 Å². The number of carbonyl (C=O) groups excluding carboxylic acids is 1. The van der Waals surface area contributed by atoms with Crippen LogP contribution in [-0.2, 0) is 16.1 Å². The number of aryl methyl sites for hydroxylation is 1. The average Bonchev–Trinajstić information content (AvgIpc) is 3.29. The molecule has 0 bridgehead atoms. The Kier molecular flexibility index (Phi) is 7.67. The molecule has 30 heavy (non-hydrogen) atoms. The third-order valence-electron chi connectivity index (χ3n) is 7.05. The molecule has 2 saturated carbocycles. The van der Waals surface area contributed by atoms with Gasteiger partial charge < -0.3 is 5.11 Å². The molecular formula is C24H34N2O4. The number of rotatable bonds is 8. The zero-order valence-electron chi connectivity index (χ0n) is 17.8. The van der Waals surface area contributed by atoms with Gasteiger partial charge in [0.15, 0.2) is 0 Å². The highest BCUT2D eigenvalue weighted by atomic mass is 16.5. The number of carboxylic acid groups (broad SMARTS) is 1. The minimum atomic E-state index is -0.845. The van der Waals surface area contributed by atoms with Gasteiger partial charge in [-0.2, -0.15) is 0 Å². The molecule has 4 N–H and O–H groups in total. The molecule has 0 radical (unpaired) electrons.